The van der Waals surface area contributed by atoms with Gasteiger partial charge in [-0.3, -0.25) is 0 Å². The number of benzene rings is 2. The number of carbonyl (C=O) groups excluding carboxylic acids is 1. The van der Waals surface area contributed by atoms with E-state index in [1.165, 1.54) is 18.2 Å². The van der Waals surface area contributed by atoms with Gasteiger partial charge in [0, 0.05) is 14.5 Å². The molecule has 0 bridgehead atoms. The van der Waals surface area contributed by atoms with E-state index in [4.69, 9.17) is 16.3 Å². The van der Waals surface area contributed by atoms with Gasteiger partial charge in [-0.25, -0.2) is 9.18 Å². The van der Waals surface area contributed by atoms with Crippen molar-refractivity contribution in [2.24, 2.45) is 0 Å². The van der Waals surface area contributed by atoms with Crippen molar-refractivity contribution in [3.63, 3.8) is 0 Å². The van der Waals surface area contributed by atoms with Gasteiger partial charge in [0.2, 0.25) is 6.17 Å². The molecule has 7 heteroatoms. The van der Waals surface area contributed by atoms with Crippen molar-refractivity contribution in [3.05, 3.63) is 55.9 Å². The molecule has 23 heavy (non-hydrogen) atoms. The SMILES string of the molecule is CCOC(=O)C(F)c1ccc(Cl)c(Oc2cc(Br)cc(Br)c2)c1. The van der Waals surface area contributed by atoms with Gasteiger partial charge in [-0.1, -0.05) is 49.5 Å². The predicted octanol–water partition coefficient (Wildman–Crippen LogP) is 6.23. The van der Waals surface area contributed by atoms with Gasteiger partial charge in [0.1, 0.15) is 11.5 Å². The predicted molar refractivity (Wildman–Crippen MR) is 93.9 cm³/mol. The first-order valence-corrected chi connectivity index (χ1v) is 8.61. The smallest absolute Gasteiger partial charge is 0.345 e. The van der Waals surface area contributed by atoms with E-state index in [-0.39, 0.29) is 17.9 Å². The minimum atomic E-state index is -1.89. The Bertz CT molecular complexity index is 704. The number of alkyl halides is 1. The minimum absolute atomic E-state index is 0.113. The highest BCUT2D eigenvalue weighted by atomic mass is 79.9. The zero-order valence-corrected chi connectivity index (χ0v) is 15.9. The second-order valence-electron chi connectivity index (χ2n) is 4.51. The van der Waals surface area contributed by atoms with Gasteiger partial charge in [-0.2, -0.15) is 0 Å². The largest absolute Gasteiger partial charge is 0.464 e. The summed E-state index contributed by atoms with van der Waals surface area (Å²) in [5, 5.41) is 0.306. The molecule has 2 aromatic rings. The fourth-order valence-electron chi connectivity index (χ4n) is 1.82. The Balaban J connectivity index is 2.28. The molecule has 1 atom stereocenters. The van der Waals surface area contributed by atoms with E-state index in [0.29, 0.717) is 10.8 Å². The van der Waals surface area contributed by atoms with E-state index in [0.717, 1.165) is 8.95 Å². The molecule has 2 rings (SSSR count). The Hall–Kier alpha value is -1.11. The average Bonchev–Trinajstić information content (AvgIpc) is 2.48. The highest BCUT2D eigenvalue weighted by Gasteiger charge is 2.22. The molecule has 0 heterocycles. The van der Waals surface area contributed by atoms with Crippen LogP contribution in [0.5, 0.6) is 11.5 Å². The zero-order valence-electron chi connectivity index (χ0n) is 12.0. The number of rotatable bonds is 5. The molecule has 0 amide bonds. The summed E-state index contributed by atoms with van der Waals surface area (Å²) in [6.45, 7) is 1.73. The quantitative estimate of drug-likeness (QED) is 0.490. The highest BCUT2D eigenvalue weighted by molar-refractivity contribution is 9.11. The van der Waals surface area contributed by atoms with Crippen LogP contribution in [0.4, 0.5) is 4.39 Å². The standard InChI is InChI=1S/C16H12Br2ClFO3/c1-2-22-16(21)15(20)9-3-4-13(19)14(5-9)23-12-7-10(17)6-11(18)8-12/h3-8,15H,2H2,1H3. The molecular weight excluding hydrogens is 454 g/mol. The molecule has 0 saturated carbocycles. The number of esters is 1. The van der Waals surface area contributed by atoms with E-state index < -0.39 is 12.1 Å². The zero-order chi connectivity index (χ0) is 17.0. The Labute approximate surface area is 155 Å². The summed E-state index contributed by atoms with van der Waals surface area (Å²) in [6, 6.07) is 9.62. The lowest BCUT2D eigenvalue weighted by Gasteiger charge is -2.12. The molecule has 2 aromatic carbocycles. The van der Waals surface area contributed by atoms with E-state index in [9.17, 15) is 9.18 Å². The topological polar surface area (TPSA) is 35.5 Å². The summed E-state index contributed by atoms with van der Waals surface area (Å²) < 4.78 is 26.1. The first kappa shape index (κ1) is 18.2. The van der Waals surface area contributed by atoms with E-state index in [2.05, 4.69) is 36.6 Å². The lowest BCUT2D eigenvalue weighted by molar-refractivity contribution is -0.149. The first-order chi connectivity index (χ1) is 10.9. The van der Waals surface area contributed by atoms with Crippen LogP contribution < -0.4 is 4.74 Å². The second-order valence-corrected chi connectivity index (χ2v) is 6.75. The molecule has 0 aliphatic rings. The molecule has 0 fully saturated rings. The maximum Gasteiger partial charge on any atom is 0.345 e. The Morgan fingerprint density at radius 2 is 1.87 bits per heavy atom. The third-order valence-electron chi connectivity index (χ3n) is 2.81. The third-order valence-corrected chi connectivity index (χ3v) is 4.03. The van der Waals surface area contributed by atoms with Crippen LogP contribution in [0.3, 0.4) is 0 Å². The van der Waals surface area contributed by atoms with Crippen LogP contribution in [-0.2, 0) is 9.53 Å². The van der Waals surface area contributed by atoms with Crippen LogP contribution in [-0.4, -0.2) is 12.6 Å². The lowest BCUT2D eigenvalue weighted by atomic mass is 10.1. The van der Waals surface area contributed by atoms with Gasteiger partial charge in [0.25, 0.3) is 0 Å². The van der Waals surface area contributed by atoms with Crippen LogP contribution in [0.1, 0.15) is 18.7 Å². The highest BCUT2D eigenvalue weighted by Crippen LogP contribution is 2.35. The van der Waals surface area contributed by atoms with Gasteiger partial charge in [0.05, 0.1) is 11.6 Å². The van der Waals surface area contributed by atoms with Crippen LogP contribution in [0.25, 0.3) is 0 Å². The monoisotopic (exact) mass is 464 g/mol. The van der Waals surface area contributed by atoms with Gasteiger partial charge in [0.15, 0.2) is 0 Å². The average molecular weight is 467 g/mol. The fraction of sp³-hybridized carbons (Fsp3) is 0.188. The number of hydrogen-bond donors (Lipinski definition) is 0. The van der Waals surface area contributed by atoms with Gasteiger partial charge in [-0.15, -0.1) is 0 Å². The maximum atomic E-state index is 14.1. The van der Waals surface area contributed by atoms with Crippen molar-refractivity contribution in [3.8, 4) is 11.5 Å². The van der Waals surface area contributed by atoms with Gasteiger partial charge < -0.3 is 9.47 Å². The van der Waals surface area contributed by atoms with E-state index >= 15 is 0 Å². The normalized spacial score (nSPS) is 11.9. The van der Waals surface area contributed by atoms with Crippen molar-refractivity contribution in [1.29, 1.82) is 0 Å². The summed E-state index contributed by atoms with van der Waals surface area (Å²) in [5.74, 6) is -0.177. The van der Waals surface area contributed by atoms with Crippen molar-refractivity contribution < 1.29 is 18.7 Å². The van der Waals surface area contributed by atoms with Crippen LogP contribution in [0.15, 0.2) is 45.3 Å². The summed E-state index contributed by atoms with van der Waals surface area (Å²) in [7, 11) is 0. The van der Waals surface area contributed by atoms with Crippen LogP contribution >= 0.6 is 43.5 Å². The number of carbonyl (C=O) groups is 1. The van der Waals surface area contributed by atoms with Crippen molar-refractivity contribution >= 4 is 49.4 Å². The van der Waals surface area contributed by atoms with E-state index in [1.807, 2.05) is 6.07 Å². The Morgan fingerprint density at radius 1 is 1.22 bits per heavy atom. The summed E-state index contributed by atoms with van der Waals surface area (Å²) >= 11 is 12.8. The second kappa shape index (κ2) is 8.13. The molecule has 0 N–H and O–H groups in total. The summed E-state index contributed by atoms with van der Waals surface area (Å²) in [6.07, 6.45) is -1.89. The summed E-state index contributed by atoms with van der Waals surface area (Å²) in [4.78, 5) is 11.5. The summed E-state index contributed by atoms with van der Waals surface area (Å²) in [5.41, 5.74) is 0.122. The molecule has 0 radical (unpaired) electrons. The molecule has 0 aliphatic heterocycles. The molecule has 0 aliphatic carbocycles. The van der Waals surface area contributed by atoms with Crippen LogP contribution in [0, 0.1) is 0 Å². The van der Waals surface area contributed by atoms with Crippen LogP contribution in [0.2, 0.25) is 5.02 Å². The number of ether oxygens (including phenoxy) is 2. The molecule has 122 valence electrons. The molecule has 3 nitrogen and oxygen atoms in total. The Kier molecular flexibility index (Phi) is 6.44. The maximum absolute atomic E-state index is 14.1. The molecule has 1 unspecified atom stereocenters. The molecular formula is C16H12Br2ClFO3. The van der Waals surface area contributed by atoms with Gasteiger partial charge >= 0.3 is 5.97 Å². The molecule has 0 spiro atoms. The molecule has 0 saturated heterocycles. The van der Waals surface area contributed by atoms with E-state index in [1.54, 1.807) is 19.1 Å². The van der Waals surface area contributed by atoms with Crippen molar-refractivity contribution in [2.45, 2.75) is 13.1 Å². The van der Waals surface area contributed by atoms with Crippen molar-refractivity contribution in [2.75, 3.05) is 6.61 Å². The minimum Gasteiger partial charge on any atom is -0.464 e. The first-order valence-electron chi connectivity index (χ1n) is 6.64. The fourth-order valence-corrected chi connectivity index (χ4v) is 3.23. The number of halogens is 4. The number of hydrogen-bond acceptors (Lipinski definition) is 3. The van der Waals surface area contributed by atoms with Crippen molar-refractivity contribution in [1.82, 2.24) is 0 Å². The Morgan fingerprint density at radius 3 is 2.48 bits per heavy atom. The third kappa shape index (κ3) is 4.93. The van der Waals surface area contributed by atoms with Gasteiger partial charge in [-0.05, 0) is 37.3 Å². The lowest BCUT2D eigenvalue weighted by Crippen LogP contribution is -2.11. The molecule has 0 aromatic heterocycles.